The minimum absolute atomic E-state index is 0. The van der Waals surface area contributed by atoms with Gasteiger partial charge in [-0.3, -0.25) is 4.98 Å². The average Bonchev–Trinajstić information content (AvgIpc) is 3.10. The first-order valence-corrected chi connectivity index (χ1v) is 10.2. The van der Waals surface area contributed by atoms with Crippen molar-refractivity contribution >= 4 is 30.1 Å². The normalized spacial score (nSPS) is 21.1. The summed E-state index contributed by atoms with van der Waals surface area (Å²) in [5.74, 6) is -0.346. The maximum atomic E-state index is 14.7. The van der Waals surface area contributed by atoms with Crippen molar-refractivity contribution in [1.29, 1.82) is 5.26 Å². The Bertz CT molecular complexity index is 1100. The van der Waals surface area contributed by atoms with E-state index in [0.29, 0.717) is 37.3 Å². The van der Waals surface area contributed by atoms with E-state index in [0.717, 1.165) is 6.07 Å². The van der Waals surface area contributed by atoms with Gasteiger partial charge >= 0.3 is 12.4 Å². The number of alkyl halides is 4. The minimum Gasteiger partial charge on any atom is -0.493 e. The summed E-state index contributed by atoms with van der Waals surface area (Å²) >= 11 is 0. The predicted molar refractivity (Wildman–Crippen MR) is 119 cm³/mol. The van der Waals surface area contributed by atoms with Gasteiger partial charge in [-0.15, -0.1) is 17.7 Å². The molecule has 2 aromatic rings. The first-order chi connectivity index (χ1) is 15.1. The summed E-state index contributed by atoms with van der Waals surface area (Å²) in [7, 11) is 1.62. The Morgan fingerprint density at radius 3 is 2.64 bits per heavy atom. The van der Waals surface area contributed by atoms with Gasteiger partial charge in [0.25, 0.3) is 0 Å². The molecule has 176 valence electrons. The number of piperidine rings is 1. The van der Waals surface area contributed by atoms with Gasteiger partial charge in [0, 0.05) is 18.1 Å². The molecule has 1 aromatic heterocycles. The van der Waals surface area contributed by atoms with Gasteiger partial charge in [-0.1, -0.05) is 0 Å². The number of hydrogen-bond acceptors (Lipinski definition) is 5. The van der Waals surface area contributed by atoms with Crippen LogP contribution in [0, 0.1) is 11.5 Å². The SMILES string of the molecule is C[N+]1(C#N)C=Nc2cnc(-c3ccc(OCCC4(F)CCNCC4)c(C(F)(F)F)c3)cc21.Cl. The van der Waals surface area contributed by atoms with Crippen LogP contribution in [-0.2, 0) is 6.18 Å². The Morgan fingerprint density at radius 1 is 1.24 bits per heavy atom. The van der Waals surface area contributed by atoms with Gasteiger partial charge in [0.1, 0.15) is 17.1 Å². The first-order valence-electron chi connectivity index (χ1n) is 10.2. The van der Waals surface area contributed by atoms with Gasteiger partial charge in [0.2, 0.25) is 6.34 Å². The van der Waals surface area contributed by atoms with E-state index in [1.54, 1.807) is 13.1 Å². The third-order valence-electron chi connectivity index (χ3n) is 5.89. The third kappa shape index (κ3) is 5.11. The van der Waals surface area contributed by atoms with Gasteiger partial charge in [-0.2, -0.15) is 22.6 Å². The maximum Gasteiger partial charge on any atom is 0.419 e. The highest BCUT2D eigenvalue weighted by atomic mass is 35.5. The van der Waals surface area contributed by atoms with E-state index in [9.17, 15) is 22.8 Å². The van der Waals surface area contributed by atoms with Gasteiger partial charge in [0.15, 0.2) is 5.69 Å². The van der Waals surface area contributed by atoms with E-state index < -0.39 is 17.4 Å². The molecular weight excluding hydrogens is 462 g/mol. The van der Waals surface area contributed by atoms with E-state index >= 15 is 0 Å². The second-order valence-corrected chi connectivity index (χ2v) is 8.19. The summed E-state index contributed by atoms with van der Waals surface area (Å²) in [4.78, 5) is 8.34. The Labute approximate surface area is 194 Å². The van der Waals surface area contributed by atoms with Crippen molar-refractivity contribution in [2.45, 2.75) is 31.1 Å². The zero-order chi connectivity index (χ0) is 23.0. The van der Waals surface area contributed by atoms with Crippen LogP contribution in [0.2, 0.25) is 0 Å². The topological polar surface area (TPSA) is 70.3 Å². The fourth-order valence-electron chi connectivity index (χ4n) is 3.89. The fourth-order valence-corrected chi connectivity index (χ4v) is 3.89. The average molecular weight is 485 g/mol. The molecule has 3 heterocycles. The van der Waals surface area contributed by atoms with Gasteiger partial charge in [-0.25, -0.2) is 4.39 Å². The van der Waals surface area contributed by atoms with Crippen LogP contribution in [0.25, 0.3) is 11.3 Å². The Hall–Kier alpha value is -2.74. The number of pyridine rings is 1. The number of ether oxygens (including phenoxy) is 1. The molecular formula is C22H23ClF4N5O+. The number of hydrogen-bond donors (Lipinski definition) is 1. The summed E-state index contributed by atoms with van der Waals surface area (Å²) in [6.45, 7) is 0.939. The number of fused-ring (bicyclic) bond motifs is 1. The second-order valence-electron chi connectivity index (χ2n) is 8.19. The van der Waals surface area contributed by atoms with Gasteiger partial charge < -0.3 is 10.1 Å². The molecule has 0 radical (unpaired) electrons. The molecule has 11 heteroatoms. The van der Waals surface area contributed by atoms with Crippen LogP contribution in [0.1, 0.15) is 24.8 Å². The molecule has 1 unspecified atom stereocenters. The van der Waals surface area contributed by atoms with Gasteiger partial charge in [0.05, 0.1) is 31.1 Å². The summed E-state index contributed by atoms with van der Waals surface area (Å²) in [5, 5.41) is 12.5. The summed E-state index contributed by atoms with van der Waals surface area (Å²) < 4.78 is 61.1. The molecule has 33 heavy (non-hydrogen) atoms. The Kier molecular flexibility index (Phi) is 6.98. The molecule has 2 aliphatic rings. The summed E-state index contributed by atoms with van der Waals surface area (Å²) in [6.07, 6.45) is 0.968. The minimum atomic E-state index is -4.66. The number of nitrogens with one attached hydrogen (secondary N) is 1. The van der Waals surface area contributed by atoms with Crippen LogP contribution >= 0.6 is 12.4 Å². The van der Waals surface area contributed by atoms with E-state index in [-0.39, 0.29) is 46.9 Å². The number of nitrogens with zero attached hydrogens (tertiary/aromatic N) is 4. The van der Waals surface area contributed by atoms with E-state index in [4.69, 9.17) is 4.74 Å². The van der Waals surface area contributed by atoms with E-state index in [1.165, 1.54) is 24.7 Å². The number of rotatable bonds is 5. The van der Waals surface area contributed by atoms with Crippen LogP contribution in [0.3, 0.4) is 0 Å². The Morgan fingerprint density at radius 2 is 1.97 bits per heavy atom. The molecule has 0 aliphatic carbocycles. The third-order valence-corrected chi connectivity index (χ3v) is 5.89. The highest BCUT2D eigenvalue weighted by molar-refractivity contribution is 5.91. The summed E-state index contributed by atoms with van der Waals surface area (Å²) in [5.41, 5.74) is -0.851. The summed E-state index contributed by atoms with van der Waals surface area (Å²) in [6, 6.07) is 5.23. The predicted octanol–water partition coefficient (Wildman–Crippen LogP) is 5.14. The monoisotopic (exact) mass is 484 g/mol. The van der Waals surface area contributed by atoms with Crippen LogP contribution in [-0.4, -0.2) is 43.7 Å². The van der Waals surface area contributed by atoms with Crippen LogP contribution in [0.4, 0.5) is 28.9 Å². The second kappa shape index (κ2) is 9.25. The molecule has 6 nitrogen and oxygen atoms in total. The smallest absolute Gasteiger partial charge is 0.419 e. The van der Waals surface area contributed by atoms with Crippen LogP contribution in [0.15, 0.2) is 35.5 Å². The van der Waals surface area contributed by atoms with Crippen molar-refractivity contribution in [2.75, 3.05) is 26.7 Å². The molecule has 1 fully saturated rings. The Balaban J connectivity index is 0.00000306. The molecule has 1 saturated heterocycles. The van der Waals surface area contributed by atoms with Crippen LogP contribution < -0.4 is 14.5 Å². The lowest BCUT2D eigenvalue weighted by Crippen LogP contribution is -2.39. The lowest BCUT2D eigenvalue weighted by molar-refractivity contribution is -0.139. The van der Waals surface area contributed by atoms with Crippen molar-refractivity contribution in [1.82, 2.24) is 14.8 Å². The molecule has 0 bridgehead atoms. The quantitative estimate of drug-likeness (QED) is 0.362. The fraction of sp³-hybridized carbons (Fsp3) is 0.409. The van der Waals surface area contributed by atoms with E-state index in [2.05, 4.69) is 21.5 Å². The van der Waals surface area contributed by atoms with Gasteiger partial charge in [-0.05, 0) is 44.1 Å². The highest BCUT2D eigenvalue weighted by Gasteiger charge is 2.37. The molecule has 4 rings (SSSR count). The number of aliphatic imine (C=N–C) groups is 1. The highest BCUT2D eigenvalue weighted by Crippen LogP contribution is 2.41. The van der Waals surface area contributed by atoms with E-state index in [1.807, 2.05) is 0 Å². The number of halogens is 5. The number of quaternary nitrogens is 1. The van der Waals surface area contributed by atoms with Crippen molar-refractivity contribution < 1.29 is 22.3 Å². The molecule has 1 N–H and O–H groups in total. The van der Waals surface area contributed by atoms with Crippen molar-refractivity contribution in [2.24, 2.45) is 4.99 Å². The molecule has 2 aliphatic heterocycles. The molecule has 1 atom stereocenters. The van der Waals surface area contributed by atoms with Crippen molar-refractivity contribution in [3.8, 4) is 23.2 Å². The number of nitriles is 1. The lowest BCUT2D eigenvalue weighted by Gasteiger charge is -2.30. The molecule has 0 saturated carbocycles. The molecule has 0 spiro atoms. The van der Waals surface area contributed by atoms with Crippen LogP contribution in [0.5, 0.6) is 5.75 Å². The maximum absolute atomic E-state index is 14.7. The zero-order valence-corrected chi connectivity index (χ0v) is 18.6. The lowest BCUT2D eigenvalue weighted by atomic mass is 9.91. The van der Waals surface area contributed by atoms with Crippen molar-refractivity contribution in [3.05, 3.63) is 36.0 Å². The first kappa shape index (κ1) is 24.9. The largest absolute Gasteiger partial charge is 0.493 e. The zero-order valence-electron chi connectivity index (χ0n) is 17.8. The van der Waals surface area contributed by atoms with Crippen molar-refractivity contribution in [3.63, 3.8) is 0 Å². The molecule has 0 amide bonds. The number of aromatic nitrogens is 1. The standard InChI is InChI=1S/C22H22F4N5O.ClH/c1-31(13-27)14-30-18-12-29-17(11-19(18)31)15-2-3-20(16(10-15)22(24,25)26)32-9-6-21(23)4-7-28-8-5-21;/h2-3,10-12,14,28H,4-9H2,1H3;1H/q+1;. The molecule has 1 aromatic carbocycles. The number of benzene rings is 1.